The van der Waals surface area contributed by atoms with Crippen LogP contribution in [0.3, 0.4) is 0 Å². The first-order valence-electron chi connectivity index (χ1n) is 11.4. The molecule has 0 saturated carbocycles. The van der Waals surface area contributed by atoms with Crippen molar-refractivity contribution in [3.8, 4) is 11.3 Å². The van der Waals surface area contributed by atoms with Crippen LogP contribution < -0.4 is 5.32 Å². The van der Waals surface area contributed by atoms with Gasteiger partial charge in [-0.15, -0.1) is 0 Å². The summed E-state index contributed by atoms with van der Waals surface area (Å²) in [5, 5.41) is 7.74. The summed E-state index contributed by atoms with van der Waals surface area (Å²) in [6, 6.07) is 31.1. The van der Waals surface area contributed by atoms with E-state index in [0.717, 1.165) is 22.4 Å². The molecule has 4 aromatic rings. The lowest BCUT2D eigenvalue weighted by molar-refractivity contribution is -0.133. The molecule has 1 aromatic heterocycles. The fraction of sp³-hybridized carbons (Fsp3) is 0.179. The van der Waals surface area contributed by atoms with Crippen molar-refractivity contribution < 1.29 is 9.59 Å². The van der Waals surface area contributed by atoms with Crippen LogP contribution in [0, 0.1) is 0 Å². The Balaban J connectivity index is 1.49. The number of nitrogens with zero attached hydrogens (tertiary/aromatic N) is 3. The molecule has 6 nitrogen and oxygen atoms in total. The first kappa shape index (κ1) is 21.6. The maximum Gasteiger partial charge on any atom is 0.273 e. The highest BCUT2D eigenvalue weighted by Crippen LogP contribution is 2.31. The number of amides is 2. The van der Waals surface area contributed by atoms with Crippen LogP contribution in [-0.4, -0.2) is 32.0 Å². The number of hydrogen-bond donors (Lipinski definition) is 1. The fourth-order valence-electron chi connectivity index (χ4n) is 4.37. The Morgan fingerprint density at radius 3 is 2.15 bits per heavy atom. The lowest BCUT2D eigenvalue weighted by Crippen LogP contribution is -2.63. The maximum atomic E-state index is 13.7. The van der Waals surface area contributed by atoms with E-state index < -0.39 is 5.54 Å². The minimum Gasteiger partial charge on any atom is -0.350 e. The van der Waals surface area contributed by atoms with Gasteiger partial charge in [-0.25, -0.2) is 0 Å². The number of aromatic nitrogens is 2. The normalized spacial score (nSPS) is 17.3. The average Bonchev–Trinajstić information content (AvgIpc) is 3.31. The third-order valence-corrected chi connectivity index (χ3v) is 6.34. The van der Waals surface area contributed by atoms with Crippen LogP contribution >= 0.6 is 0 Å². The van der Waals surface area contributed by atoms with Crippen LogP contribution in [0.4, 0.5) is 0 Å². The second-order valence-corrected chi connectivity index (χ2v) is 8.76. The maximum absolute atomic E-state index is 13.7. The van der Waals surface area contributed by atoms with E-state index in [-0.39, 0.29) is 18.4 Å². The molecule has 3 aromatic carbocycles. The molecule has 5 rings (SSSR count). The molecule has 34 heavy (non-hydrogen) atoms. The number of nitrogens with one attached hydrogen (secondary N) is 1. The van der Waals surface area contributed by atoms with Crippen LogP contribution in [0.15, 0.2) is 97.1 Å². The van der Waals surface area contributed by atoms with Crippen LogP contribution in [0.2, 0.25) is 0 Å². The summed E-state index contributed by atoms with van der Waals surface area (Å²) in [6.07, 6.45) is 0. The Kier molecular flexibility index (Phi) is 5.72. The second-order valence-electron chi connectivity index (χ2n) is 8.76. The van der Waals surface area contributed by atoms with Crippen molar-refractivity contribution >= 4 is 11.8 Å². The Morgan fingerprint density at radius 1 is 0.912 bits per heavy atom. The van der Waals surface area contributed by atoms with E-state index in [4.69, 9.17) is 5.10 Å². The zero-order chi connectivity index (χ0) is 23.5. The molecule has 0 fully saturated rings. The summed E-state index contributed by atoms with van der Waals surface area (Å²) in [5.74, 6) is -0.412. The van der Waals surface area contributed by atoms with E-state index in [1.165, 1.54) is 0 Å². The molecule has 0 saturated heterocycles. The largest absolute Gasteiger partial charge is 0.350 e. The summed E-state index contributed by atoms with van der Waals surface area (Å²) in [5.41, 5.74) is 3.01. The van der Waals surface area contributed by atoms with Gasteiger partial charge in [-0.3, -0.25) is 14.3 Å². The second kappa shape index (κ2) is 8.98. The minimum absolute atomic E-state index is 0.206. The van der Waals surface area contributed by atoms with Gasteiger partial charge in [0.1, 0.15) is 11.2 Å². The fourth-order valence-corrected chi connectivity index (χ4v) is 4.37. The van der Waals surface area contributed by atoms with E-state index in [0.29, 0.717) is 18.8 Å². The van der Waals surface area contributed by atoms with Crippen molar-refractivity contribution in [1.29, 1.82) is 0 Å². The highest BCUT2D eigenvalue weighted by molar-refractivity contribution is 6.00. The SMILES string of the molecule is C[C@@]1(C(=O)NCc2ccccc2)Cn2nc(-c3ccccc3)cc2C(=O)N1Cc1ccccc1. The number of rotatable bonds is 6. The average molecular weight is 451 g/mol. The Hall–Kier alpha value is -4.19. The zero-order valence-electron chi connectivity index (χ0n) is 19.0. The lowest BCUT2D eigenvalue weighted by atomic mass is 9.94. The topological polar surface area (TPSA) is 67.2 Å². The molecule has 0 aliphatic carbocycles. The van der Waals surface area contributed by atoms with Gasteiger partial charge in [-0.2, -0.15) is 5.10 Å². The smallest absolute Gasteiger partial charge is 0.273 e. The summed E-state index contributed by atoms with van der Waals surface area (Å²) >= 11 is 0. The molecule has 0 bridgehead atoms. The van der Waals surface area contributed by atoms with E-state index in [2.05, 4.69) is 5.32 Å². The summed E-state index contributed by atoms with van der Waals surface area (Å²) in [4.78, 5) is 29.0. The van der Waals surface area contributed by atoms with E-state index >= 15 is 0 Å². The van der Waals surface area contributed by atoms with E-state index in [9.17, 15) is 9.59 Å². The summed E-state index contributed by atoms with van der Waals surface area (Å²) in [7, 11) is 0. The molecule has 6 heteroatoms. The number of carbonyl (C=O) groups is 2. The van der Waals surface area contributed by atoms with Gasteiger partial charge in [0.2, 0.25) is 5.91 Å². The molecule has 0 spiro atoms. The van der Waals surface area contributed by atoms with Crippen LogP contribution in [0.1, 0.15) is 28.5 Å². The molecule has 1 atom stereocenters. The predicted octanol–water partition coefficient (Wildman–Crippen LogP) is 4.28. The lowest BCUT2D eigenvalue weighted by Gasteiger charge is -2.43. The number of benzene rings is 3. The highest BCUT2D eigenvalue weighted by atomic mass is 16.2. The molecule has 170 valence electrons. The monoisotopic (exact) mass is 450 g/mol. The Labute approximate surface area is 198 Å². The van der Waals surface area contributed by atoms with Gasteiger partial charge >= 0.3 is 0 Å². The van der Waals surface area contributed by atoms with Crippen molar-refractivity contribution in [2.24, 2.45) is 0 Å². The van der Waals surface area contributed by atoms with Gasteiger partial charge < -0.3 is 10.2 Å². The van der Waals surface area contributed by atoms with Crippen molar-refractivity contribution in [3.63, 3.8) is 0 Å². The van der Waals surface area contributed by atoms with Crippen molar-refractivity contribution in [2.45, 2.75) is 32.1 Å². The standard InChI is InChI=1S/C28H26N4O2/c1-28(27(34)29-18-21-11-5-2-6-12-21)20-32-25(17-24(30-32)23-15-9-4-10-16-23)26(33)31(28)19-22-13-7-3-8-14-22/h2-17H,18-20H2,1H3,(H,29,34)/t28-/m0/s1. The van der Waals surface area contributed by atoms with Gasteiger partial charge in [0.25, 0.3) is 5.91 Å². The van der Waals surface area contributed by atoms with Gasteiger partial charge in [0.15, 0.2) is 0 Å². The zero-order valence-corrected chi connectivity index (χ0v) is 19.0. The van der Waals surface area contributed by atoms with Crippen molar-refractivity contribution in [1.82, 2.24) is 20.0 Å². The van der Waals surface area contributed by atoms with E-state index in [1.807, 2.05) is 104 Å². The first-order valence-corrected chi connectivity index (χ1v) is 11.4. The number of hydrogen-bond acceptors (Lipinski definition) is 3. The highest BCUT2D eigenvalue weighted by Gasteiger charge is 2.47. The molecule has 1 aliphatic heterocycles. The van der Waals surface area contributed by atoms with Gasteiger partial charge in [0, 0.05) is 18.7 Å². The van der Waals surface area contributed by atoms with Crippen LogP contribution in [0.25, 0.3) is 11.3 Å². The van der Waals surface area contributed by atoms with Gasteiger partial charge in [0.05, 0.1) is 12.2 Å². The molecule has 0 unspecified atom stereocenters. The van der Waals surface area contributed by atoms with Gasteiger partial charge in [-0.05, 0) is 24.1 Å². The summed E-state index contributed by atoms with van der Waals surface area (Å²) < 4.78 is 1.67. The number of carbonyl (C=O) groups excluding carboxylic acids is 2. The molecule has 1 N–H and O–H groups in total. The Bertz CT molecular complexity index is 1300. The summed E-state index contributed by atoms with van der Waals surface area (Å²) in [6.45, 7) is 2.82. The first-order chi connectivity index (χ1) is 16.5. The van der Waals surface area contributed by atoms with Crippen LogP contribution in [0.5, 0.6) is 0 Å². The Morgan fingerprint density at radius 2 is 1.50 bits per heavy atom. The quantitative estimate of drug-likeness (QED) is 0.477. The van der Waals surface area contributed by atoms with Crippen LogP contribution in [-0.2, 0) is 24.4 Å². The molecular weight excluding hydrogens is 424 g/mol. The van der Waals surface area contributed by atoms with Crippen molar-refractivity contribution in [3.05, 3.63) is 114 Å². The molecule has 0 radical (unpaired) electrons. The number of fused-ring (bicyclic) bond motifs is 1. The third kappa shape index (κ3) is 4.10. The molecular formula is C28H26N4O2. The molecule has 2 amide bonds. The predicted molar refractivity (Wildman–Crippen MR) is 131 cm³/mol. The molecule has 1 aliphatic rings. The van der Waals surface area contributed by atoms with Gasteiger partial charge in [-0.1, -0.05) is 91.0 Å². The van der Waals surface area contributed by atoms with Crippen molar-refractivity contribution in [2.75, 3.05) is 0 Å². The minimum atomic E-state index is -1.10. The van der Waals surface area contributed by atoms with E-state index in [1.54, 1.807) is 9.58 Å². The molecule has 2 heterocycles. The third-order valence-electron chi connectivity index (χ3n) is 6.34.